The van der Waals surface area contributed by atoms with E-state index >= 15 is 0 Å². The first-order valence-corrected chi connectivity index (χ1v) is 7.80. The average Bonchev–Trinajstić information content (AvgIpc) is 2.44. The van der Waals surface area contributed by atoms with Gasteiger partial charge >= 0.3 is 0 Å². The number of amides is 3. The second-order valence-corrected chi connectivity index (χ2v) is 5.77. The van der Waals surface area contributed by atoms with Crippen LogP contribution in [-0.2, 0) is 14.4 Å². The van der Waals surface area contributed by atoms with Crippen molar-refractivity contribution in [3.8, 4) is 0 Å². The molecule has 6 heteroatoms. The van der Waals surface area contributed by atoms with Crippen molar-refractivity contribution < 1.29 is 14.4 Å². The Bertz CT molecular complexity index is 365. The van der Waals surface area contributed by atoms with Gasteiger partial charge in [0.1, 0.15) is 6.04 Å². The molecule has 1 rings (SSSR count). The lowest BCUT2D eigenvalue weighted by molar-refractivity contribution is -0.129. The van der Waals surface area contributed by atoms with Crippen molar-refractivity contribution in [2.75, 3.05) is 13.1 Å². The fourth-order valence-electron chi connectivity index (χ4n) is 2.60. The molecule has 0 radical (unpaired) electrons. The molecular weight excluding hydrogens is 270 g/mol. The van der Waals surface area contributed by atoms with Crippen LogP contribution in [-0.4, -0.2) is 36.9 Å². The van der Waals surface area contributed by atoms with Crippen molar-refractivity contribution in [1.82, 2.24) is 16.0 Å². The molecule has 120 valence electrons. The van der Waals surface area contributed by atoms with Crippen LogP contribution in [0.15, 0.2) is 0 Å². The van der Waals surface area contributed by atoms with Crippen molar-refractivity contribution in [2.45, 2.75) is 58.4 Å². The Labute approximate surface area is 126 Å². The third-order valence-corrected chi connectivity index (χ3v) is 3.77. The lowest BCUT2D eigenvalue weighted by atomic mass is 9.87. The molecule has 0 aliphatic heterocycles. The van der Waals surface area contributed by atoms with E-state index in [1.165, 1.54) is 26.2 Å². The fraction of sp³-hybridized carbons (Fsp3) is 0.800. The molecule has 21 heavy (non-hydrogen) atoms. The Morgan fingerprint density at radius 2 is 1.67 bits per heavy atom. The van der Waals surface area contributed by atoms with Crippen LogP contribution in [0.3, 0.4) is 0 Å². The minimum Gasteiger partial charge on any atom is -0.355 e. The SMILES string of the molecule is CC(=O)NCCNC(=O)[C@H](C)NC(=O)CC1CCCCC1. The molecule has 1 fully saturated rings. The summed E-state index contributed by atoms with van der Waals surface area (Å²) in [6.45, 7) is 3.85. The Hall–Kier alpha value is -1.59. The summed E-state index contributed by atoms with van der Waals surface area (Å²) in [5, 5.41) is 8.01. The van der Waals surface area contributed by atoms with Crippen LogP contribution in [0.2, 0.25) is 0 Å². The highest BCUT2D eigenvalue weighted by molar-refractivity contribution is 5.87. The van der Waals surface area contributed by atoms with Crippen molar-refractivity contribution in [3.63, 3.8) is 0 Å². The summed E-state index contributed by atoms with van der Waals surface area (Å²) in [4.78, 5) is 34.4. The van der Waals surface area contributed by atoms with Gasteiger partial charge < -0.3 is 16.0 Å². The van der Waals surface area contributed by atoms with Crippen LogP contribution < -0.4 is 16.0 Å². The molecule has 0 aromatic carbocycles. The van der Waals surface area contributed by atoms with Gasteiger partial charge in [0.05, 0.1) is 0 Å². The zero-order valence-corrected chi connectivity index (χ0v) is 13.0. The summed E-state index contributed by atoms with van der Waals surface area (Å²) < 4.78 is 0. The number of rotatable bonds is 7. The molecule has 1 saturated carbocycles. The molecule has 1 atom stereocenters. The van der Waals surface area contributed by atoms with E-state index in [0.717, 1.165) is 12.8 Å². The first-order valence-electron chi connectivity index (χ1n) is 7.80. The van der Waals surface area contributed by atoms with Gasteiger partial charge in [-0.25, -0.2) is 0 Å². The van der Waals surface area contributed by atoms with Crippen LogP contribution in [0.5, 0.6) is 0 Å². The highest BCUT2D eigenvalue weighted by Gasteiger charge is 2.20. The van der Waals surface area contributed by atoms with Crippen LogP contribution >= 0.6 is 0 Å². The smallest absolute Gasteiger partial charge is 0.242 e. The van der Waals surface area contributed by atoms with Crippen LogP contribution in [0.4, 0.5) is 0 Å². The molecule has 3 N–H and O–H groups in total. The van der Waals surface area contributed by atoms with Gasteiger partial charge in [-0.2, -0.15) is 0 Å². The maximum atomic E-state index is 11.9. The van der Waals surface area contributed by atoms with Gasteiger partial charge in [-0.1, -0.05) is 19.3 Å². The molecule has 0 spiro atoms. The van der Waals surface area contributed by atoms with E-state index in [2.05, 4.69) is 16.0 Å². The quantitative estimate of drug-likeness (QED) is 0.605. The monoisotopic (exact) mass is 297 g/mol. The Balaban J connectivity index is 2.18. The predicted octanol–water partition coefficient (Wildman–Crippen LogP) is 0.714. The Morgan fingerprint density at radius 1 is 1.05 bits per heavy atom. The van der Waals surface area contributed by atoms with E-state index in [-0.39, 0.29) is 17.7 Å². The second kappa shape index (κ2) is 9.37. The molecule has 0 heterocycles. The zero-order chi connectivity index (χ0) is 15.7. The summed E-state index contributed by atoms with van der Waals surface area (Å²) in [5.41, 5.74) is 0. The van der Waals surface area contributed by atoms with Gasteiger partial charge in [0.25, 0.3) is 0 Å². The summed E-state index contributed by atoms with van der Waals surface area (Å²) >= 11 is 0. The number of carbonyl (C=O) groups excluding carboxylic acids is 3. The first kappa shape index (κ1) is 17.5. The molecule has 3 amide bonds. The van der Waals surface area contributed by atoms with Gasteiger partial charge in [-0.05, 0) is 25.7 Å². The van der Waals surface area contributed by atoms with Crippen LogP contribution in [0, 0.1) is 5.92 Å². The van der Waals surface area contributed by atoms with E-state index in [1.54, 1.807) is 6.92 Å². The topological polar surface area (TPSA) is 87.3 Å². The normalized spacial score (nSPS) is 16.9. The molecule has 0 bridgehead atoms. The molecule has 1 aliphatic rings. The molecule has 0 aromatic heterocycles. The zero-order valence-electron chi connectivity index (χ0n) is 13.0. The first-order chi connectivity index (χ1) is 9.99. The highest BCUT2D eigenvalue weighted by Crippen LogP contribution is 2.26. The van der Waals surface area contributed by atoms with E-state index in [1.807, 2.05) is 0 Å². The lowest BCUT2D eigenvalue weighted by Crippen LogP contribution is -2.46. The largest absolute Gasteiger partial charge is 0.355 e. The van der Waals surface area contributed by atoms with Gasteiger partial charge in [0.2, 0.25) is 17.7 Å². The molecular formula is C15H27N3O3. The lowest BCUT2D eigenvalue weighted by Gasteiger charge is -2.22. The standard InChI is InChI=1S/C15H27N3O3/c1-11(15(21)17-9-8-16-12(2)19)18-14(20)10-13-6-4-3-5-7-13/h11,13H,3-10H2,1-2H3,(H,16,19)(H,17,21)(H,18,20)/t11-/m0/s1. The third kappa shape index (κ3) is 7.68. The minimum absolute atomic E-state index is 0.0496. The van der Waals surface area contributed by atoms with Gasteiger partial charge in [-0.3, -0.25) is 14.4 Å². The summed E-state index contributed by atoms with van der Waals surface area (Å²) in [7, 11) is 0. The van der Waals surface area contributed by atoms with E-state index < -0.39 is 6.04 Å². The Morgan fingerprint density at radius 3 is 2.29 bits per heavy atom. The van der Waals surface area contributed by atoms with Crippen molar-refractivity contribution in [2.24, 2.45) is 5.92 Å². The van der Waals surface area contributed by atoms with Crippen LogP contribution in [0.25, 0.3) is 0 Å². The molecule has 6 nitrogen and oxygen atoms in total. The molecule has 1 aliphatic carbocycles. The number of carbonyl (C=O) groups is 3. The Kier molecular flexibility index (Phi) is 7.79. The molecule has 0 aromatic rings. The fourth-order valence-corrected chi connectivity index (χ4v) is 2.60. The number of nitrogens with one attached hydrogen (secondary N) is 3. The number of hydrogen-bond donors (Lipinski definition) is 3. The highest BCUT2D eigenvalue weighted by atomic mass is 16.2. The van der Waals surface area contributed by atoms with Gasteiger partial charge in [0.15, 0.2) is 0 Å². The van der Waals surface area contributed by atoms with Crippen molar-refractivity contribution in [1.29, 1.82) is 0 Å². The minimum atomic E-state index is -0.543. The van der Waals surface area contributed by atoms with E-state index in [0.29, 0.717) is 25.4 Å². The second-order valence-electron chi connectivity index (χ2n) is 5.77. The average molecular weight is 297 g/mol. The van der Waals surface area contributed by atoms with E-state index in [4.69, 9.17) is 0 Å². The summed E-state index contributed by atoms with van der Waals surface area (Å²) in [6.07, 6.45) is 6.43. The third-order valence-electron chi connectivity index (χ3n) is 3.77. The van der Waals surface area contributed by atoms with Crippen LogP contribution in [0.1, 0.15) is 52.4 Å². The van der Waals surface area contributed by atoms with Crippen molar-refractivity contribution >= 4 is 17.7 Å². The van der Waals surface area contributed by atoms with E-state index in [9.17, 15) is 14.4 Å². The predicted molar refractivity (Wildman–Crippen MR) is 80.5 cm³/mol. The summed E-state index contributed by atoms with van der Waals surface area (Å²) in [6, 6.07) is -0.543. The molecule has 0 saturated heterocycles. The van der Waals surface area contributed by atoms with Crippen molar-refractivity contribution in [3.05, 3.63) is 0 Å². The van der Waals surface area contributed by atoms with Gasteiger partial charge in [-0.15, -0.1) is 0 Å². The maximum absolute atomic E-state index is 11.9. The molecule has 0 unspecified atom stereocenters. The maximum Gasteiger partial charge on any atom is 0.242 e. The summed E-state index contributed by atoms with van der Waals surface area (Å²) in [5.74, 6) is 0.0654. The number of hydrogen-bond acceptors (Lipinski definition) is 3. The van der Waals surface area contributed by atoms with Gasteiger partial charge in [0, 0.05) is 26.4 Å².